The Labute approximate surface area is 124 Å². The third-order valence-corrected chi connectivity index (χ3v) is 3.74. The molecule has 114 valence electrons. The van der Waals surface area contributed by atoms with Crippen molar-refractivity contribution in [2.75, 3.05) is 13.7 Å². The molecule has 0 bridgehead atoms. The van der Waals surface area contributed by atoms with Crippen molar-refractivity contribution in [2.45, 2.75) is 64.8 Å². The fourth-order valence-corrected chi connectivity index (χ4v) is 2.38. The Hall–Kier alpha value is -1.02. The molecular formula is C18H31NO. The zero-order valence-corrected chi connectivity index (χ0v) is 13.5. The molecule has 1 N–H and O–H groups in total. The van der Waals surface area contributed by atoms with E-state index in [4.69, 9.17) is 4.74 Å². The molecule has 0 aliphatic carbocycles. The van der Waals surface area contributed by atoms with Crippen LogP contribution >= 0.6 is 0 Å². The molecule has 1 atom stereocenters. The molecule has 1 aromatic carbocycles. The zero-order valence-electron chi connectivity index (χ0n) is 13.5. The first-order chi connectivity index (χ1) is 9.81. The summed E-state index contributed by atoms with van der Waals surface area (Å²) in [5.41, 5.74) is 1.37. The summed E-state index contributed by atoms with van der Waals surface area (Å²) in [6.45, 7) is 5.26. The molecular weight excluding hydrogens is 246 g/mol. The molecule has 0 heterocycles. The van der Waals surface area contributed by atoms with Gasteiger partial charge in [-0.05, 0) is 37.6 Å². The van der Waals surface area contributed by atoms with Gasteiger partial charge in [0.25, 0.3) is 0 Å². The summed E-state index contributed by atoms with van der Waals surface area (Å²) in [6, 6.07) is 9.06. The van der Waals surface area contributed by atoms with Crippen LogP contribution in [0, 0.1) is 0 Å². The van der Waals surface area contributed by atoms with Crippen LogP contribution in [0.1, 0.15) is 70.4 Å². The lowest BCUT2D eigenvalue weighted by Gasteiger charge is -2.17. The van der Waals surface area contributed by atoms with E-state index in [-0.39, 0.29) is 0 Å². The molecule has 2 heteroatoms. The fourth-order valence-electron chi connectivity index (χ4n) is 2.38. The molecule has 0 aliphatic heterocycles. The number of nitrogens with one attached hydrogen (secondary N) is 1. The first kappa shape index (κ1) is 17.0. The van der Waals surface area contributed by atoms with Crippen molar-refractivity contribution >= 4 is 0 Å². The zero-order chi connectivity index (χ0) is 14.6. The summed E-state index contributed by atoms with van der Waals surface area (Å²) in [5.74, 6) is 0.989. The Morgan fingerprint density at radius 3 is 2.25 bits per heavy atom. The van der Waals surface area contributed by atoms with Crippen LogP contribution in [0.3, 0.4) is 0 Å². The molecule has 0 aromatic heterocycles. The van der Waals surface area contributed by atoms with Crippen molar-refractivity contribution in [3.63, 3.8) is 0 Å². The van der Waals surface area contributed by atoms with Gasteiger partial charge in [0, 0.05) is 6.04 Å². The molecule has 1 unspecified atom stereocenters. The van der Waals surface area contributed by atoms with Gasteiger partial charge >= 0.3 is 0 Å². The van der Waals surface area contributed by atoms with Crippen LogP contribution in [-0.4, -0.2) is 13.7 Å². The maximum Gasteiger partial charge on any atom is 0.119 e. The molecule has 0 fully saturated rings. The van der Waals surface area contributed by atoms with E-state index in [0.717, 1.165) is 18.8 Å². The van der Waals surface area contributed by atoms with Gasteiger partial charge in [0.15, 0.2) is 0 Å². The minimum atomic E-state index is 0.469. The number of unbranched alkanes of at least 4 members (excludes halogenated alkanes) is 4. The monoisotopic (exact) mass is 277 g/mol. The van der Waals surface area contributed by atoms with Gasteiger partial charge in [0.05, 0.1) is 6.61 Å². The number of hydrogen-bond donors (Lipinski definition) is 1. The lowest BCUT2D eigenvalue weighted by Crippen LogP contribution is -2.16. The maximum atomic E-state index is 5.71. The maximum absolute atomic E-state index is 5.71. The highest BCUT2D eigenvalue weighted by Gasteiger charge is 2.08. The average Bonchev–Trinajstić information content (AvgIpc) is 2.49. The summed E-state index contributed by atoms with van der Waals surface area (Å²) in [5, 5.41) is 3.43. The molecule has 0 amide bonds. The lowest BCUT2D eigenvalue weighted by atomic mass is 10.00. The highest BCUT2D eigenvalue weighted by atomic mass is 16.5. The second-order valence-corrected chi connectivity index (χ2v) is 5.46. The summed E-state index contributed by atoms with van der Waals surface area (Å²) < 4.78 is 5.71. The van der Waals surface area contributed by atoms with E-state index >= 15 is 0 Å². The minimum absolute atomic E-state index is 0.469. The fraction of sp³-hybridized carbons (Fsp3) is 0.667. The Bertz CT molecular complexity index is 334. The molecule has 20 heavy (non-hydrogen) atoms. The van der Waals surface area contributed by atoms with Gasteiger partial charge in [-0.15, -0.1) is 0 Å². The summed E-state index contributed by atoms with van der Waals surface area (Å²) in [7, 11) is 2.05. The third-order valence-electron chi connectivity index (χ3n) is 3.74. The van der Waals surface area contributed by atoms with Gasteiger partial charge in [-0.25, -0.2) is 0 Å². The van der Waals surface area contributed by atoms with Crippen molar-refractivity contribution in [1.82, 2.24) is 5.32 Å². The van der Waals surface area contributed by atoms with Gasteiger partial charge in [-0.1, -0.05) is 58.1 Å². The second-order valence-electron chi connectivity index (χ2n) is 5.46. The van der Waals surface area contributed by atoms with E-state index in [1.165, 1.54) is 44.1 Å². The number of benzene rings is 1. The lowest BCUT2D eigenvalue weighted by molar-refractivity contribution is 0.309. The smallest absolute Gasteiger partial charge is 0.119 e. The Morgan fingerprint density at radius 1 is 0.950 bits per heavy atom. The first-order valence-corrected chi connectivity index (χ1v) is 8.21. The molecule has 0 spiro atoms. The normalized spacial score (nSPS) is 12.3. The van der Waals surface area contributed by atoms with E-state index in [9.17, 15) is 0 Å². The van der Waals surface area contributed by atoms with Gasteiger partial charge in [0.2, 0.25) is 0 Å². The van der Waals surface area contributed by atoms with Crippen LogP contribution in [-0.2, 0) is 0 Å². The molecule has 0 radical (unpaired) electrons. The molecule has 1 aromatic rings. The topological polar surface area (TPSA) is 21.3 Å². The minimum Gasteiger partial charge on any atom is -0.494 e. The quantitative estimate of drug-likeness (QED) is 0.568. The Balaban J connectivity index is 2.43. The van der Waals surface area contributed by atoms with Crippen LogP contribution in [0.5, 0.6) is 5.75 Å². The predicted octanol–water partition coefficient (Wildman–Crippen LogP) is 5.10. The van der Waals surface area contributed by atoms with Gasteiger partial charge in [-0.2, -0.15) is 0 Å². The van der Waals surface area contributed by atoms with Crippen molar-refractivity contribution in [3.8, 4) is 5.75 Å². The molecule has 2 nitrogen and oxygen atoms in total. The second kappa shape index (κ2) is 10.7. The van der Waals surface area contributed by atoms with Crippen LogP contribution < -0.4 is 10.1 Å². The standard InChI is InChI=1S/C18H31NO/c1-4-6-8-9-10-18(19-3)16-11-13-17(14-12-16)20-15-7-5-2/h11-14,18-19H,4-10,15H2,1-3H3. The SMILES string of the molecule is CCCCCCC(NC)c1ccc(OCCCC)cc1. The number of rotatable bonds is 11. The highest BCUT2D eigenvalue weighted by molar-refractivity contribution is 5.29. The molecule has 1 rings (SSSR count). The van der Waals surface area contributed by atoms with Gasteiger partial charge < -0.3 is 10.1 Å². The Kier molecular flexibility index (Phi) is 9.14. The Morgan fingerprint density at radius 2 is 1.65 bits per heavy atom. The van der Waals surface area contributed by atoms with Crippen LogP contribution in [0.4, 0.5) is 0 Å². The van der Waals surface area contributed by atoms with E-state index < -0.39 is 0 Å². The average molecular weight is 277 g/mol. The van der Waals surface area contributed by atoms with Crippen LogP contribution in [0.25, 0.3) is 0 Å². The highest BCUT2D eigenvalue weighted by Crippen LogP contribution is 2.22. The van der Waals surface area contributed by atoms with Crippen molar-refractivity contribution in [2.24, 2.45) is 0 Å². The van der Waals surface area contributed by atoms with Crippen LogP contribution in [0.2, 0.25) is 0 Å². The molecule has 0 saturated carbocycles. The molecule has 0 aliphatic rings. The molecule has 0 saturated heterocycles. The van der Waals surface area contributed by atoms with Crippen molar-refractivity contribution < 1.29 is 4.74 Å². The van der Waals surface area contributed by atoms with Crippen molar-refractivity contribution in [1.29, 1.82) is 0 Å². The largest absolute Gasteiger partial charge is 0.494 e. The third kappa shape index (κ3) is 6.42. The summed E-state index contributed by atoms with van der Waals surface area (Å²) in [4.78, 5) is 0. The van der Waals surface area contributed by atoms with Crippen molar-refractivity contribution in [3.05, 3.63) is 29.8 Å². The summed E-state index contributed by atoms with van der Waals surface area (Å²) >= 11 is 0. The summed E-state index contributed by atoms with van der Waals surface area (Å²) in [6.07, 6.45) is 8.80. The van der Waals surface area contributed by atoms with Crippen LogP contribution in [0.15, 0.2) is 24.3 Å². The predicted molar refractivity (Wildman–Crippen MR) is 87.4 cm³/mol. The number of ether oxygens (including phenoxy) is 1. The van der Waals surface area contributed by atoms with Gasteiger partial charge in [-0.3, -0.25) is 0 Å². The van der Waals surface area contributed by atoms with E-state index in [1.807, 2.05) is 0 Å². The number of hydrogen-bond acceptors (Lipinski definition) is 2. The van der Waals surface area contributed by atoms with Gasteiger partial charge in [0.1, 0.15) is 5.75 Å². The van der Waals surface area contributed by atoms with E-state index in [2.05, 4.69) is 50.5 Å². The van der Waals surface area contributed by atoms with E-state index in [1.54, 1.807) is 0 Å². The first-order valence-electron chi connectivity index (χ1n) is 8.21. The van der Waals surface area contributed by atoms with E-state index in [0.29, 0.717) is 6.04 Å².